The first-order valence-corrected chi connectivity index (χ1v) is 6.86. The Labute approximate surface area is 92.7 Å². The van der Waals surface area contributed by atoms with Crippen LogP contribution in [0.2, 0.25) is 0 Å². The smallest absolute Gasteiger partial charge is 0.207 e. The second-order valence-corrected chi connectivity index (χ2v) is 5.58. The maximum Gasteiger partial charge on any atom is 0.207 e. The molecule has 1 atom stereocenters. The lowest BCUT2D eigenvalue weighted by molar-refractivity contribution is 0.266. The van der Waals surface area contributed by atoms with Crippen molar-refractivity contribution in [3.63, 3.8) is 0 Å². The van der Waals surface area contributed by atoms with Gasteiger partial charge in [0.15, 0.2) is 0 Å². The van der Waals surface area contributed by atoms with E-state index in [0.717, 1.165) is 0 Å². The van der Waals surface area contributed by atoms with Gasteiger partial charge in [-0.1, -0.05) is 0 Å². The Bertz CT molecular complexity index is 186. The minimum absolute atomic E-state index is 0.362. The van der Waals surface area contributed by atoms with E-state index in [9.17, 15) is 0 Å². The maximum absolute atomic E-state index is 8.36. The molecule has 0 bridgehead atoms. The first kappa shape index (κ1) is 14.1. The Hall–Kier alpha value is 0.130. The molecule has 82 valence electrons. The van der Waals surface area contributed by atoms with E-state index in [1.807, 2.05) is 6.07 Å². The summed E-state index contributed by atoms with van der Waals surface area (Å²) in [4.78, 5) is 0. The summed E-state index contributed by atoms with van der Waals surface area (Å²) in [6.07, 6.45) is 0.398. The lowest BCUT2D eigenvalue weighted by atomic mass is 10.3. The SMILES string of the molecule is CC(C)N(C(C)C)[P@](Cl)OCCC#N. The quantitative estimate of drug-likeness (QED) is 0.523. The lowest BCUT2D eigenvalue weighted by Crippen LogP contribution is -2.31. The Kier molecular flexibility index (Phi) is 7.49. The number of hydrogen-bond acceptors (Lipinski definition) is 3. The first-order valence-electron chi connectivity index (χ1n) is 4.74. The van der Waals surface area contributed by atoms with Crippen LogP contribution in [0.5, 0.6) is 0 Å². The molecule has 14 heavy (non-hydrogen) atoms. The molecule has 0 fully saturated rings. The van der Waals surface area contributed by atoms with E-state index in [1.54, 1.807) is 0 Å². The molecule has 0 unspecified atom stereocenters. The molecule has 0 aliphatic rings. The summed E-state index contributed by atoms with van der Waals surface area (Å²) in [6, 6.07) is 2.75. The minimum Gasteiger partial charge on any atom is -0.330 e. The van der Waals surface area contributed by atoms with Crippen LogP contribution in [0, 0.1) is 11.3 Å². The van der Waals surface area contributed by atoms with Crippen molar-refractivity contribution in [3.05, 3.63) is 0 Å². The van der Waals surface area contributed by atoms with Crippen LogP contribution < -0.4 is 0 Å². The number of rotatable bonds is 6. The molecule has 0 rings (SSSR count). The number of nitrogens with zero attached hydrogens (tertiary/aromatic N) is 2. The largest absolute Gasteiger partial charge is 0.330 e. The van der Waals surface area contributed by atoms with Gasteiger partial charge in [0.25, 0.3) is 0 Å². The molecule has 0 saturated heterocycles. The van der Waals surface area contributed by atoms with Gasteiger partial charge in [-0.25, -0.2) is 4.67 Å². The van der Waals surface area contributed by atoms with Gasteiger partial charge in [-0.15, -0.1) is 0 Å². The van der Waals surface area contributed by atoms with Gasteiger partial charge in [0.2, 0.25) is 7.65 Å². The number of halogens is 1. The molecular formula is C9H18ClN2OP. The summed E-state index contributed by atoms with van der Waals surface area (Å²) >= 11 is 6.13. The van der Waals surface area contributed by atoms with Crippen molar-refractivity contribution in [3.8, 4) is 6.07 Å². The first-order chi connectivity index (χ1) is 6.50. The van der Waals surface area contributed by atoms with E-state index < -0.39 is 7.65 Å². The van der Waals surface area contributed by atoms with Crippen LogP contribution >= 0.6 is 18.9 Å². The van der Waals surface area contributed by atoms with E-state index in [2.05, 4.69) is 32.4 Å². The fraction of sp³-hybridized carbons (Fsp3) is 0.889. The molecule has 0 aromatic rings. The van der Waals surface area contributed by atoms with Crippen molar-refractivity contribution < 1.29 is 4.52 Å². The summed E-state index contributed by atoms with van der Waals surface area (Å²) in [5.41, 5.74) is 0. The van der Waals surface area contributed by atoms with Crippen molar-refractivity contribution >= 4 is 18.9 Å². The predicted molar refractivity (Wildman–Crippen MR) is 61.1 cm³/mol. The highest BCUT2D eigenvalue weighted by Crippen LogP contribution is 2.49. The monoisotopic (exact) mass is 236 g/mol. The second kappa shape index (κ2) is 7.43. The van der Waals surface area contributed by atoms with Gasteiger partial charge >= 0.3 is 0 Å². The number of nitriles is 1. The second-order valence-electron chi connectivity index (χ2n) is 3.54. The van der Waals surface area contributed by atoms with Crippen LogP contribution in [0.4, 0.5) is 0 Å². The predicted octanol–water partition coefficient (Wildman–Crippen LogP) is 3.50. The van der Waals surface area contributed by atoms with Crippen molar-refractivity contribution in [2.75, 3.05) is 6.61 Å². The fourth-order valence-corrected chi connectivity index (χ4v) is 3.55. The van der Waals surface area contributed by atoms with Gasteiger partial charge < -0.3 is 4.52 Å². The molecule has 5 heteroatoms. The fourth-order valence-electron chi connectivity index (χ4n) is 1.19. The van der Waals surface area contributed by atoms with Crippen LogP contribution in [-0.2, 0) is 4.52 Å². The normalized spacial score (nSPS) is 13.6. The molecular weight excluding hydrogens is 219 g/mol. The molecule has 0 heterocycles. The lowest BCUT2D eigenvalue weighted by Gasteiger charge is -2.32. The van der Waals surface area contributed by atoms with Crippen LogP contribution in [0.1, 0.15) is 34.1 Å². The number of hydrogen-bond donors (Lipinski definition) is 0. The minimum atomic E-state index is -1.08. The van der Waals surface area contributed by atoms with Gasteiger partial charge in [-0.3, -0.25) is 0 Å². The van der Waals surface area contributed by atoms with Crippen molar-refractivity contribution in [2.45, 2.75) is 46.2 Å². The molecule has 0 aromatic carbocycles. The topological polar surface area (TPSA) is 36.3 Å². The molecule has 3 nitrogen and oxygen atoms in total. The van der Waals surface area contributed by atoms with Crippen LogP contribution in [0.15, 0.2) is 0 Å². The van der Waals surface area contributed by atoms with Gasteiger partial charge in [-0.2, -0.15) is 5.26 Å². The van der Waals surface area contributed by atoms with E-state index >= 15 is 0 Å². The summed E-state index contributed by atoms with van der Waals surface area (Å²) in [5, 5.41) is 8.36. The summed E-state index contributed by atoms with van der Waals surface area (Å²) in [5.74, 6) is 0. The Balaban J connectivity index is 4.03. The van der Waals surface area contributed by atoms with Crippen molar-refractivity contribution in [1.29, 1.82) is 5.26 Å². The third-order valence-corrected chi connectivity index (χ3v) is 4.15. The average molecular weight is 237 g/mol. The third-order valence-electron chi connectivity index (χ3n) is 1.65. The van der Waals surface area contributed by atoms with E-state index in [0.29, 0.717) is 25.1 Å². The summed E-state index contributed by atoms with van der Waals surface area (Å²) in [6.45, 7) is 8.77. The van der Waals surface area contributed by atoms with Crippen molar-refractivity contribution in [1.82, 2.24) is 4.67 Å². The standard InChI is InChI=1S/C9H18ClN2OP/c1-8(2)12(9(3)4)14(10)13-7-5-6-11/h8-9H,5,7H2,1-4H3/t14-/m0/s1. The zero-order chi connectivity index (χ0) is 11.1. The van der Waals surface area contributed by atoms with Gasteiger partial charge in [0.1, 0.15) is 0 Å². The highest BCUT2D eigenvalue weighted by molar-refractivity contribution is 7.78. The third kappa shape index (κ3) is 5.12. The van der Waals surface area contributed by atoms with E-state index in [-0.39, 0.29) is 0 Å². The Morgan fingerprint density at radius 2 is 1.86 bits per heavy atom. The summed E-state index contributed by atoms with van der Waals surface area (Å²) < 4.78 is 7.52. The maximum atomic E-state index is 8.36. The molecule has 0 radical (unpaired) electrons. The molecule has 0 saturated carbocycles. The molecule has 0 amide bonds. The highest BCUT2D eigenvalue weighted by Gasteiger charge is 2.23. The van der Waals surface area contributed by atoms with Crippen LogP contribution in [0.3, 0.4) is 0 Å². The van der Waals surface area contributed by atoms with Gasteiger partial charge in [0.05, 0.1) is 19.1 Å². The Morgan fingerprint density at radius 3 is 2.21 bits per heavy atom. The molecule has 0 aromatic heterocycles. The Morgan fingerprint density at radius 1 is 1.36 bits per heavy atom. The van der Waals surface area contributed by atoms with E-state index in [4.69, 9.17) is 21.0 Å². The zero-order valence-electron chi connectivity index (χ0n) is 9.20. The average Bonchev–Trinajstić information content (AvgIpc) is 2.03. The van der Waals surface area contributed by atoms with E-state index in [1.165, 1.54) is 0 Å². The van der Waals surface area contributed by atoms with Crippen molar-refractivity contribution in [2.24, 2.45) is 0 Å². The zero-order valence-corrected chi connectivity index (χ0v) is 10.8. The van der Waals surface area contributed by atoms with Gasteiger partial charge in [0, 0.05) is 12.1 Å². The van der Waals surface area contributed by atoms with Crippen LogP contribution in [-0.4, -0.2) is 23.4 Å². The molecule has 0 spiro atoms. The summed E-state index contributed by atoms with van der Waals surface area (Å²) in [7, 11) is -1.08. The molecule has 0 aliphatic carbocycles. The highest BCUT2D eigenvalue weighted by atomic mass is 35.7. The van der Waals surface area contributed by atoms with Crippen LogP contribution in [0.25, 0.3) is 0 Å². The molecule has 0 N–H and O–H groups in total. The van der Waals surface area contributed by atoms with Gasteiger partial charge in [-0.05, 0) is 38.9 Å². The molecule has 0 aliphatic heterocycles.